The summed E-state index contributed by atoms with van der Waals surface area (Å²) >= 11 is 0. The van der Waals surface area contributed by atoms with Crippen LogP contribution < -0.4 is 10.6 Å². The number of aromatic amines is 1. The lowest BCUT2D eigenvalue weighted by atomic mass is 10.0. The van der Waals surface area contributed by atoms with Gasteiger partial charge in [0, 0.05) is 29.4 Å². The molecule has 1 amide bonds. The van der Waals surface area contributed by atoms with Gasteiger partial charge in [0.25, 0.3) is 0 Å². The van der Waals surface area contributed by atoms with Gasteiger partial charge in [0.15, 0.2) is 5.82 Å². The number of anilines is 2. The molecule has 0 aromatic carbocycles. The first-order valence-electron chi connectivity index (χ1n) is 8.61. The van der Waals surface area contributed by atoms with Gasteiger partial charge in [-0.3, -0.25) is 5.10 Å². The number of ether oxygens (including phenoxy) is 1. The van der Waals surface area contributed by atoms with Crippen molar-refractivity contribution >= 4 is 17.7 Å². The molecule has 3 N–H and O–H groups in total. The summed E-state index contributed by atoms with van der Waals surface area (Å²) in [4.78, 5) is 16.1. The molecule has 0 spiro atoms. The largest absolute Gasteiger partial charge is 0.446 e. The van der Waals surface area contributed by atoms with Gasteiger partial charge in [-0.15, -0.1) is 0 Å². The molecule has 1 aliphatic rings. The number of nitrogens with zero attached hydrogens (tertiary/aromatic N) is 2. The molecule has 3 rings (SSSR count). The average molecular weight is 343 g/mol. The molecule has 0 bridgehead atoms. The Morgan fingerprint density at radius 3 is 2.84 bits per heavy atom. The van der Waals surface area contributed by atoms with E-state index >= 15 is 0 Å². The fourth-order valence-electron chi connectivity index (χ4n) is 2.99. The third-order valence-corrected chi connectivity index (χ3v) is 4.09. The predicted molar refractivity (Wildman–Crippen MR) is 95.9 cm³/mol. The Labute approximate surface area is 147 Å². The van der Waals surface area contributed by atoms with E-state index in [0.29, 0.717) is 5.92 Å². The Morgan fingerprint density at radius 1 is 1.28 bits per heavy atom. The molecule has 0 aliphatic heterocycles. The molecule has 7 heteroatoms. The summed E-state index contributed by atoms with van der Waals surface area (Å²) in [7, 11) is 0. The van der Waals surface area contributed by atoms with Crippen LogP contribution in [0.1, 0.15) is 51.6 Å². The van der Waals surface area contributed by atoms with Gasteiger partial charge in [-0.2, -0.15) is 5.10 Å². The highest BCUT2D eigenvalue weighted by Gasteiger charge is 2.30. The molecule has 1 aliphatic carbocycles. The first-order valence-corrected chi connectivity index (χ1v) is 8.61. The highest BCUT2D eigenvalue weighted by molar-refractivity contribution is 5.68. The standard InChI is InChI=1S/C18H25N5O2/c1-18(2,3)21-17(24)25-13-8-7-12(10-13)14-11-16(23-22-14)20-15-6-4-5-9-19-15/h4-6,9,11-13H,7-8,10H2,1-3H3,(H,21,24)(H2,19,20,22,23)/t12-,13+/m0/s1. The molecule has 2 aromatic heterocycles. The summed E-state index contributed by atoms with van der Waals surface area (Å²) in [5.74, 6) is 1.81. The molecule has 2 heterocycles. The number of carbonyl (C=O) groups is 1. The van der Waals surface area contributed by atoms with Gasteiger partial charge < -0.3 is 15.4 Å². The number of aromatic nitrogens is 3. The lowest BCUT2D eigenvalue weighted by Crippen LogP contribution is -2.42. The van der Waals surface area contributed by atoms with E-state index in [9.17, 15) is 4.79 Å². The molecule has 1 saturated carbocycles. The number of amides is 1. The van der Waals surface area contributed by atoms with Crippen LogP contribution in [0.2, 0.25) is 0 Å². The van der Waals surface area contributed by atoms with E-state index in [2.05, 4.69) is 25.8 Å². The second kappa shape index (κ2) is 7.13. The third-order valence-electron chi connectivity index (χ3n) is 4.09. The second-order valence-electron chi connectivity index (χ2n) is 7.46. The van der Waals surface area contributed by atoms with Crippen LogP contribution in [0.3, 0.4) is 0 Å². The maximum atomic E-state index is 11.9. The Kier molecular flexibility index (Phi) is 4.92. The van der Waals surface area contributed by atoms with Gasteiger partial charge in [-0.25, -0.2) is 9.78 Å². The van der Waals surface area contributed by atoms with E-state index < -0.39 is 0 Å². The van der Waals surface area contributed by atoms with E-state index in [0.717, 1.165) is 36.6 Å². The van der Waals surface area contributed by atoms with Gasteiger partial charge in [0.05, 0.1) is 0 Å². The minimum atomic E-state index is -0.347. The zero-order chi connectivity index (χ0) is 17.9. The zero-order valence-electron chi connectivity index (χ0n) is 14.9. The fraction of sp³-hybridized carbons (Fsp3) is 0.500. The number of hydrogen-bond acceptors (Lipinski definition) is 5. The number of hydrogen-bond donors (Lipinski definition) is 3. The highest BCUT2D eigenvalue weighted by Crippen LogP contribution is 2.36. The van der Waals surface area contributed by atoms with Crippen LogP contribution in [0.4, 0.5) is 16.4 Å². The first kappa shape index (κ1) is 17.3. The van der Waals surface area contributed by atoms with E-state index in [1.807, 2.05) is 45.0 Å². The summed E-state index contributed by atoms with van der Waals surface area (Å²) < 4.78 is 5.53. The lowest BCUT2D eigenvalue weighted by molar-refractivity contribution is 0.0937. The number of H-pyrrole nitrogens is 1. The minimum Gasteiger partial charge on any atom is -0.446 e. The quantitative estimate of drug-likeness (QED) is 0.787. The van der Waals surface area contributed by atoms with Gasteiger partial charge in [-0.1, -0.05) is 6.07 Å². The van der Waals surface area contributed by atoms with Gasteiger partial charge in [0.2, 0.25) is 0 Å². The maximum absolute atomic E-state index is 11.9. The van der Waals surface area contributed by atoms with E-state index in [-0.39, 0.29) is 17.7 Å². The summed E-state index contributed by atoms with van der Waals surface area (Å²) in [6, 6.07) is 7.68. The van der Waals surface area contributed by atoms with Crippen molar-refractivity contribution in [3.63, 3.8) is 0 Å². The average Bonchev–Trinajstić information content (AvgIpc) is 3.15. The molecular weight excluding hydrogens is 318 g/mol. The van der Waals surface area contributed by atoms with Gasteiger partial charge >= 0.3 is 6.09 Å². The molecule has 2 aromatic rings. The Morgan fingerprint density at radius 2 is 2.12 bits per heavy atom. The van der Waals surface area contributed by atoms with E-state index in [4.69, 9.17) is 4.74 Å². The van der Waals surface area contributed by atoms with Crippen molar-refractivity contribution in [2.75, 3.05) is 5.32 Å². The predicted octanol–water partition coefficient (Wildman–Crippen LogP) is 3.71. The zero-order valence-corrected chi connectivity index (χ0v) is 14.9. The molecule has 0 unspecified atom stereocenters. The van der Waals surface area contributed by atoms with Crippen LogP contribution in [-0.4, -0.2) is 32.9 Å². The Bertz CT molecular complexity index is 708. The van der Waals surface area contributed by atoms with Crippen molar-refractivity contribution in [2.24, 2.45) is 0 Å². The highest BCUT2D eigenvalue weighted by atomic mass is 16.6. The summed E-state index contributed by atoms with van der Waals surface area (Å²) in [5, 5.41) is 13.4. The van der Waals surface area contributed by atoms with Crippen LogP contribution in [0.25, 0.3) is 0 Å². The molecule has 0 radical (unpaired) electrons. The molecule has 7 nitrogen and oxygen atoms in total. The fourth-order valence-corrected chi connectivity index (χ4v) is 2.99. The first-order chi connectivity index (χ1) is 11.9. The number of pyridine rings is 1. The van der Waals surface area contributed by atoms with E-state index in [1.165, 1.54) is 0 Å². The van der Waals surface area contributed by atoms with E-state index in [1.54, 1.807) is 6.20 Å². The molecule has 134 valence electrons. The van der Waals surface area contributed by atoms with Crippen molar-refractivity contribution < 1.29 is 9.53 Å². The molecule has 2 atom stereocenters. The third kappa shape index (κ3) is 4.95. The van der Waals surface area contributed by atoms with Crippen LogP contribution in [0.5, 0.6) is 0 Å². The molecule has 25 heavy (non-hydrogen) atoms. The number of carbonyl (C=O) groups excluding carboxylic acids is 1. The number of alkyl carbamates (subject to hydrolysis) is 1. The van der Waals surface area contributed by atoms with Crippen molar-refractivity contribution in [2.45, 2.75) is 57.6 Å². The SMILES string of the molecule is CC(C)(C)NC(=O)O[C@@H]1CC[C@H](c2cc(Nc3ccccn3)n[nH]2)C1. The summed E-state index contributed by atoms with van der Waals surface area (Å²) in [6.07, 6.45) is 3.98. The van der Waals surface area contributed by atoms with Crippen LogP contribution in [-0.2, 0) is 4.74 Å². The second-order valence-corrected chi connectivity index (χ2v) is 7.46. The van der Waals surface area contributed by atoms with Crippen LogP contribution in [0, 0.1) is 0 Å². The number of rotatable bonds is 4. The maximum Gasteiger partial charge on any atom is 0.407 e. The normalized spacial score (nSPS) is 20.3. The molecular formula is C18H25N5O2. The summed E-state index contributed by atoms with van der Waals surface area (Å²) in [5.41, 5.74) is 0.769. The van der Waals surface area contributed by atoms with Gasteiger partial charge in [-0.05, 0) is 52.2 Å². The summed E-state index contributed by atoms with van der Waals surface area (Å²) in [6.45, 7) is 5.81. The van der Waals surface area contributed by atoms with Crippen molar-refractivity contribution in [3.8, 4) is 0 Å². The monoisotopic (exact) mass is 343 g/mol. The van der Waals surface area contributed by atoms with Crippen LogP contribution in [0.15, 0.2) is 30.5 Å². The molecule has 1 fully saturated rings. The Hall–Kier alpha value is -2.57. The van der Waals surface area contributed by atoms with Crippen LogP contribution >= 0.6 is 0 Å². The van der Waals surface area contributed by atoms with Crippen molar-refractivity contribution in [1.82, 2.24) is 20.5 Å². The van der Waals surface area contributed by atoms with Crippen molar-refractivity contribution in [3.05, 3.63) is 36.2 Å². The topological polar surface area (TPSA) is 91.9 Å². The smallest absolute Gasteiger partial charge is 0.407 e. The minimum absolute atomic E-state index is 0.0529. The van der Waals surface area contributed by atoms with Crippen molar-refractivity contribution in [1.29, 1.82) is 0 Å². The molecule has 0 saturated heterocycles. The lowest BCUT2D eigenvalue weighted by Gasteiger charge is -2.22. The Balaban J connectivity index is 1.53. The van der Waals surface area contributed by atoms with Gasteiger partial charge in [0.1, 0.15) is 11.9 Å². The number of nitrogens with one attached hydrogen (secondary N) is 3.